The van der Waals surface area contributed by atoms with Crippen LogP contribution in [0.25, 0.3) is 0 Å². The van der Waals surface area contributed by atoms with E-state index in [0.717, 1.165) is 43.5 Å². The van der Waals surface area contributed by atoms with E-state index in [2.05, 4.69) is 12.2 Å². The lowest BCUT2D eigenvalue weighted by Crippen LogP contribution is -2.38. The molecule has 2 aromatic carbocycles. The Kier molecular flexibility index (Phi) is 5.82. The summed E-state index contributed by atoms with van der Waals surface area (Å²) in [5.74, 6) is -2.35. The van der Waals surface area contributed by atoms with Crippen LogP contribution in [-0.4, -0.2) is 26.0 Å². The third-order valence-electron chi connectivity index (χ3n) is 5.46. The molecule has 6 heteroatoms. The molecule has 1 heterocycles. The van der Waals surface area contributed by atoms with Crippen LogP contribution in [0, 0.1) is 11.6 Å². The van der Waals surface area contributed by atoms with Gasteiger partial charge in [0.15, 0.2) is 0 Å². The van der Waals surface area contributed by atoms with Crippen molar-refractivity contribution in [2.24, 2.45) is 0 Å². The minimum atomic E-state index is -0.848. The van der Waals surface area contributed by atoms with Crippen LogP contribution in [0.2, 0.25) is 5.02 Å². The molecule has 0 aliphatic carbocycles. The lowest BCUT2D eigenvalue weighted by Gasteiger charge is -2.29. The van der Waals surface area contributed by atoms with Crippen LogP contribution in [-0.2, 0) is 5.41 Å². The van der Waals surface area contributed by atoms with E-state index in [1.165, 1.54) is 11.0 Å². The number of hydrogen-bond acceptors (Lipinski definition) is 2. The van der Waals surface area contributed by atoms with Gasteiger partial charge in [-0.05, 0) is 68.8 Å². The SMILES string of the molecule is CCC1(CCCNC)CN(C(=O)c2c(F)cccc2F)c2ccc(Cl)cc21. The normalized spacial score (nSPS) is 18.6. The second-order valence-corrected chi connectivity index (χ2v) is 7.43. The molecule has 0 radical (unpaired) electrons. The molecule has 0 bridgehead atoms. The molecular weight excluding hydrogens is 370 g/mol. The highest BCUT2D eigenvalue weighted by Gasteiger charge is 2.44. The summed E-state index contributed by atoms with van der Waals surface area (Å²) in [7, 11) is 1.90. The van der Waals surface area contributed by atoms with Gasteiger partial charge in [0.05, 0.1) is 0 Å². The maximum absolute atomic E-state index is 14.2. The predicted molar refractivity (Wildman–Crippen MR) is 105 cm³/mol. The number of fused-ring (bicyclic) bond motifs is 1. The van der Waals surface area contributed by atoms with Gasteiger partial charge in [-0.2, -0.15) is 0 Å². The molecule has 0 aromatic heterocycles. The van der Waals surface area contributed by atoms with Gasteiger partial charge in [0.2, 0.25) is 0 Å². The predicted octanol–water partition coefficient (Wildman–Crippen LogP) is 4.93. The maximum Gasteiger partial charge on any atom is 0.264 e. The Bertz CT molecular complexity index is 838. The zero-order chi connectivity index (χ0) is 19.6. The first-order chi connectivity index (χ1) is 12.9. The van der Waals surface area contributed by atoms with Crippen LogP contribution in [0.15, 0.2) is 36.4 Å². The number of amides is 1. The van der Waals surface area contributed by atoms with E-state index in [9.17, 15) is 13.6 Å². The van der Waals surface area contributed by atoms with E-state index in [4.69, 9.17) is 11.6 Å². The van der Waals surface area contributed by atoms with Gasteiger partial charge in [-0.3, -0.25) is 4.79 Å². The van der Waals surface area contributed by atoms with Crippen LogP contribution < -0.4 is 10.2 Å². The molecule has 3 rings (SSSR count). The van der Waals surface area contributed by atoms with Crippen molar-refractivity contribution in [3.05, 3.63) is 64.2 Å². The van der Waals surface area contributed by atoms with Gasteiger partial charge < -0.3 is 10.2 Å². The zero-order valence-electron chi connectivity index (χ0n) is 15.5. The molecule has 27 heavy (non-hydrogen) atoms. The fourth-order valence-corrected chi connectivity index (χ4v) is 4.13. The first kappa shape index (κ1) is 19.8. The number of nitrogens with one attached hydrogen (secondary N) is 1. The Morgan fingerprint density at radius 2 is 1.96 bits per heavy atom. The standard InChI is InChI=1S/C21H23ClF2N2O/c1-3-21(10-5-11-25-2)13-26(18-9-8-14(22)12-15(18)21)20(27)19-16(23)6-4-7-17(19)24/h4,6-9,12,25H,3,5,10-11,13H2,1-2H3. The van der Waals surface area contributed by atoms with Crippen molar-refractivity contribution in [3.63, 3.8) is 0 Å². The Hall–Kier alpha value is -1.98. The molecule has 1 unspecified atom stereocenters. The van der Waals surface area contributed by atoms with Gasteiger partial charge in [0, 0.05) is 22.7 Å². The highest BCUT2D eigenvalue weighted by Crippen LogP contribution is 2.47. The van der Waals surface area contributed by atoms with Gasteiger partial charge in [-0.1, -0.05) is 24.6 Å². The molecule has 0 spiro atoms. The number of hydrogen-bond donors (Lipinski definition) is 1. The van der Waals surface area contributed by atoms with E-state index in [-0.39, 0.29) is 5.41 Å². The molecule has 1 aliphatic rings. The Morgan fingerprint density at radius 3 is 2.59 bits per heavy atom. The molecule has 2 aromatic rings. The largest absolute Gasteiger partial charge is 0.320 e. The van der Waals surface area contributed by atoms with Crippen LogP contribution in [0.3, 0.4) is 0 Å². The molecule has 1 atom stereocenters. The molecule has 144 valence electrons. The molecule has 0 saturated heterocycles. The van der Waals surface area contributed by atoms with Crippen molar-refractivity contribution in [3.8, 4) is 0 Å². The molecular formula is C21H23ClF2N2O. The van der Waals surface area contributed by atoms with Crippen molar-refractivity contribution >= 4 is 23.2 Å². The summed E-state index contributed by atoms with van der Waals surface area (Å²) in [5, 5.41) is 3.73. The maximum atomic E-state index is 14.2. The van der Waals surface area contributed by atoms with Crippen molar-refractivity contribution in [1.29, 1.82) is 0 Å². The smallest absolute Gasteiger partial charge is 0.264 e. The van der Waals surface area contributed by atoms with Crippen molar-refractivity contribution < 1.29 is 13.6 Å². The number of anilines is 1. The minimum Gasteiger partial charge on any atom is -0.320 e. The average molecular weight is 393 g/mol. The van der Waals surface area contributed by atoms with Gasteiger partial charge >= 0.3 is 0 Å². The van der Waals surface area contributed by atoms with Gasteiger partial charge in [0.1, 0.15) is 17.2 Å². The quantitative estimate of drug-likeness (QED) is 0.707. The Labute approximate surface area is 163 Å². The summed E-state index contributed by atoms with van der Waals surface area (Å²) in [6.45, 7) is 3.31. The lowest BCUT2D eigenvalue weighted by atomic mass is 9.76. The summed E-state index contributed by atoms with van der Waals surface area (Å²) >= 11 is 6.23. The summed E-state index contributed by atoms with van der Waals surface area (Å²) in [5.41, 5.74) is 0.853. The number of rotatable bonds is 6. The second-order valence-electron chi connectivity index (χ2n) is 6.99. The fraction of sp³-hybridized carbons (Fsp3) is 0.381. The van der Waals surface area contributed by atoms with Crippen LogP contribution in [0.5, 0.6) is 0 Å². The number of benzene rings is 2. The molecule has 1 N–H and O–H groups in total. The monoisotopic (exact) mass is 392 g/mol. The molecule has 3 nitrogen and oxygen atoms in total. The van der Waals surface area contributed by atoms with E-state index in [0.29, 0.717) is 17.3 Å². The van der Waals surface area contributed by atoms with E-state index >= 15 is 0 Å². The first-order valence-corrected chi connectivity index (χ1v) is 9.52. The number of halogens is 3. The van der Waals surface area contributed by atoms with Crippen LogP contribution in [0.1, 0.15) is 42.1 Å². The molecule has 0 fully saturated rings. The Morgan fingerprint density at radius 1 is 1.26 bits per heavy atom. The summed E-state index contributed by atoms with van der Waals surface area (Å²) in [6, 6.07) is 8.82. The van der Waals surface area contributed by atoms with E-state index < -0.39 is 23.1 Å². The van der Waals surface area contributed by atoms with Crippen molar-refractivity contribution in [2.45, 2.75) is 31.6 Å². The van der Waals surface area contributed by atoms with Crippen LogP contribution in [0.4, 0.5) is 14.5 Å². The summed E-state index contributed by atoms with van der Waals surface area (Å²) in [4.78, 5) is 14.6. The number of carbonyl (C=O) groups excluding carboxylic acids is 1. The minimum absolute atomic E-state index is 0.283. The highest BCUT2D eigenvalue weighted by atomic mass is 35.5. The topological polar surface area (TPSA) is 32.3 Å². The molecule has 1 amide bonds. The van der Waals surface area contributed by atoms with Gasteiger partial charge in [0.25, 0.3) is 5.91 Å². The zero-order valence-corrected chi connectivity index (χ0v) is 16.2. The lowest BCUT2D eigenvalue weighted by molar-refractivity contribution is 0.0976. The average Bonchev–Trinajstić information content (AvgIpc) is 2.96. The van der Waals surface area contributed by atoms with Gasteiger partial charge in [-0.15, -0.1) is 0 Å². The van der Waals surface area contributed by atoms with E-state index in [1.54, 1.807) is 12.1 Å². The third kappa shape index (κ3) is 3.58. The van der Waals surface area contributed by atoms with Gasteiger partial charge in [-0.25, -0.2) is 8.78 Å². The third-order valence-corrected chi connectivity index (χ3v) is 5.70. The van der Waals surface area contributed by atoms with Crippen molar-refractivity contribution in [2.75, 3.05) is 25.0 Å². The number of carbonyl (C=O) groups is 1. The number of nitrogens with zero attached hydrogens (tertiary/aromatic N) is 1. The van der Waals surface area contributed by atoms with E-state index in [1.807, 2.05) is 13.1 Å². The van der Waals surface area contributed by atoms with Crippen LogP contribution >= 0.6 is 11.6 Å². The summed E-state index contributed by atoms with van der Waals surface area (Å²) in [6.07, 6.45) is 2.57. The summed E-state index contributed by atoms with van der Waals surface area (Å²) < 4.78 is 28.4. The highest BCUT2D eigenvalue weighted by molar-refractivity contribution is 6.30. The van der Waals surface area contributed by atoms with Crippen molar-refractivity contribution in [1.82, 2.24) is 5.32 Å². The molecule has 0 saturated carbocycles. The second kappa shape index (κ2) is 7.95. The molecule has 1 aliphatic heterocycles. The Balaban J connectivity index is 2.05. The fourth-order valence-electron chi connectivity index (χ4n) is 3.96. The first-order valence-electron chi connectivity index (χ1n) is 9.14.